The van der Waals surface area contributed by atoms with E-state index in [2.05, 4.69) is 5.32 Å². The molecule has 1 aromatic carbocycles. The normalized spacial score (nSPS) is 20.9. The molecule has 0 amide bonds. The molecule has 2 atom stereocenters. The van der Waals surface area contributed by atoms with Gasteiger partial charge in [-0.3, -0.25) is 0 Å². The SMILES string of the molecule is CNC(Cc1cccc(OC)c1F)C1CCCO1. The first kappa shape index (κ1) is 13.3. The van der Waals surface area contributed by atoms with Crippen molar-refractivity contribution >= 4 is 0 Å². The van der Waals surface area contributed by atoms with Crippen LogP contribution < -0.4 is 10.1 Å². The summed E-state index contributed by atoms with van der Waals surface area (Å²) >= 11 is 0. The maximum atomic E-state index is 14.1. The molecule has 0 spiro atoms. The standard InChI is InChI=1S/C14H20FNO2/c1-16-11(12-7-4-8-18-12)9-10-5-3-6-13(17-2)14(10)15/h3,5-6,11-12,16H,4,7-9H2,1-2H3. The number of ether oxygens (including phenoxy) is 2. The van der Waals surface area contributed by atoms with Crippen molar-refractivity contribution in [3.63, 3.8) is 0 Å². The lowest BCUT2D eigenvalue weighted by molar-refractivity contribution is 0.0805. The summed E-state index contributed by atoms with van der Waals surface area (Å²) in [5.74, 6) is 0.0351. The van der Waals surface area contributed by atoms with Gasteiger partial charge in [0.25, 0.3) is 0 Å². The Balaban J connectivity index is 2.11. The van der Waals surface area contributed by atoms with Crippen LogP contribution in [0.4, 0.5) is 4.39 Å². The first-order chi connectivity index (χ1) is 8.76. The van der Waals surface area contributed by atoms with Crippen molar-refractivity contribution < 1.29 is 13.9 Å². The molecule has 1 aliphatic heterocycles. The second-order valence-electron chi connectivity index (χ2n) is 4.58. The highest BCUT2D eigenvalue weighted by molar-refractivity contribution is 5.31. The number of hydrogen-bond donors (Lipinski definition) is 1. The van der Waals surface area contributed by atoms with Gasteiger partial charge in [-0.25, -0.2) is 4.39 Å². The molecular formula is C14H20FNO2. The Morgan fingerprint density at radius 3 is 3.00 bits per heavy atom. The molecule has 2 unspecified atom stereocenters. The molecule has 4 heteroatoms. The monoisotopic (exact) mass is 253 g/mol. The number of rotatable bonds is 5. The summed E-state index contributed by atoms with van der Waals surface area (Å²) in [6.45, 7) is 0.809. The van der Waals surface area contributed by atoms with Gasteiger partial charge in [0.1, 0.15) is 0 Å². The molecule has 0 radical (unpaired) electrons. The molecule has 1 heterocycles. The van der Waals surface area contributed by atoms with Crippen LogP contribution in [0, 0.1) is 5.82 Å². The summed E-state index contributed by atoms with van der Waals surface area (Å²) in [6, 6.07) is 5.41. The minimum atomic E-state index is -0.266. The number of hydrogen-bond acceptors (Lipinski definition) is 3. The van der Waals surface area contributed by atoms with Gasteiger partial charge in [0.05, 0.1) is 13.2 Å². The fraction of sp³-hybridized carbons (Fsp3) is 0.571. The van der Waals surface area contributed by atoms with Gasteiger partial charge >= 0.3 is 0 Å². The number of methoxy groups -OCH3 is 1. The summed E-state index contributed by atoms with van der Waals surface area (Å²) in [5.41, 5.74) is 0.671. The molecule has 1 N–H and O–H groups in total. The molecule has 1 aliphatic rings. The molecule has 3 nitrogen and oxygen atoms in total. The minimum absolute atomic E-state index is 0.147. The predicted molar refractivity (Wildman–Crippen MR) is 68.5 cm³/mol. The van der Waals surface area contributed by atoms with E-state index >= 15 is 0 Å². The van der Waals surface area contributed by atoms with E-state index in [1.54, 1.807) is 12.1 Å². The van der Waals surface area contributed by atoms with E-state index in [0.717, 1.165) is 19.4 Å². The van der Waals surface area contributed by atoms with Crippen LogP contribution in [-0.4, -0.2) is 32.9 Å². The first-order valence-electron chi connectivity index (χ1n) is 6.36. The molecule has 1 fully saturated rings. The molecule has 0 bridgehead atoms. The summed E-state index contributed by atoms with van der Waals surface area (Å²) < 4.78 is 24.7. The molecule has 18 heavy (non-hydrogen) atoms. The maximum Gasteiger partial charge on any atom is 0.168 e. The minimum Gasteiger partial charge on any atom is -0.494 e. The molecule has 0 aromatic heterocycles. The zero-order valence-electron chi connectivity index (χ0n) is 10.9. The summed E-state index contributed by atoms with van der Waals surface area (Å²) in [7, 11) is 3.38. The van der Waals surface area contributed by atoms with Crippen molar-refractivity contribution in [3.8, 4) is 5.75 Å². The topological polar surface area (TPSA) is 30.5 Å². The van der Waals surface area contributed by atoms with Crippen LogP contribution in [0.1, 0.15) is 18.4 Å². The highest BCUT2D eigenvalue weighted by Crippen LogP contribution is 2.24. The van der Waals surface area contributed by atoms with Gasteiger partial charge in [0.2, 0.25) is 0 Å². The van der Waals surface area contributed by atoms with Crippen LogP contribution >= 0.6 is 0 Å². The van der Waals surface area contributed by atoms with Crippen LogP contribution in [0.25, 0.3) is 0 Å². The van der Waals surface area contributed by atoms with Gasteiger partial charge in [-0.15, -0.1) is 0 Å². The molecule has 1 aromatic rings. The zero-order valence-corrected chi connectivity index (χ0v) is 10.9. The van der Waals surface area contributed by atoms with Crippen molar-refractivity contribution in [2.75, 3.05) is 20.8 Å². The lowest BCUT2D eigenvalue weighted by Crippen LogP contribution is -2.39. The molecule has 0 saturated carbocycles. The smallest absolute Gasteiger partial charge is 0.168 e. The molecule has 1 saturated heterocycles. The summed E-state index contributed by atoms with van der Waals surface area (Å²) in [5, 5.41) is 3.22. The van der Waals surface area contributed by atoms with Gasteiger partial charge in [0.15, 0.2) is 11.6 Å². The third-order valence-corrected chi connectivity index (χ3v) is 3.49. The van der Waals surface area contributed by atoms with Crippen molar-refractivity contribution in [1.29, 1.82) is 0 Å². The third-order valence-electron chi connectivity index (χ3n) is 3.49. The van der Waals surface area contributed by atoms with Crippen molar-refractivity contribution in [2.24, 2.45) is 0 Å². The van der Waals surface area contributed by atoms with E-state index in [4.69, 9.17) is 9.47 Å². The Kier molecular flexibility index (Phi) is 4.55. The van der Waals surface area contributed by atoms with E-state index in [0.29, 0.717) is 17.7 Å². The quantitative estimate of drug-likeness (QED) is 0.872. The second kappa shape index (κ2) is 6.16. The first-order valence-corrected chi connectivity index (χ1v) is 6.36. The summed E-state index contributed by atoms with van der Waals surface area (Å²) in [4.78, 5) is 0. The molecule has 100 valence electrons. The zero-order chi connectivity index (χ0) is 13.0. The lowest BCUT2D eigenvalue weighted by Gasteiger charge is -2.23. The average molecular weight is 253 g/mol. The van der Waals surface area contributed by atoms with Gasteiger partial charge in [0, 0.05) is 12.6 Å². The molecular weight excluding hydrogens is 233 g/mol. The fourth-order valence-corrected chi connectivity index (χ4v) is 2.45. The van der Waals surface area contributed by atoms with E-state index in [9.17, 15) is 4.39 Å². The Bertz CT molecular complexity index is 391. The van der Waals surface area contributed by atoms with Gasteiger partial charge in [-0.1, -0.05) is 12.1 Å². The van der Waals surface area contributed by atoms with Crippen LogP contribution in [-0.2, 0) is 11.2 Å². The van der Waals surface area contributed by atoms with E-state index in [-0.39, 0.29) is 18.0 Å². The Labute approximate surface area is 107 Å². The van der Waals surface area contributed by atoms with Crippen molar-refractivity contribution in [3.05, 3.63) is 29.6 Å². The molecule has 0 aliphatic carbocycles. The fourth-order valence-electron chi connectivity index (χ4n) is 2.45. The Morgan fingerprint density at radius 1 is 1.56 bits per heavy atom. The van der Waals surface area contributed by atoms with Gasteiger partial charge in [-0.2, -0.15) is 0 Å². The van der Waals surface area contributed by atoms with Gasteiger partial charge < -0.3 is 14.8 Å². The number of nitrogens with one attached hydrogen (secondary N) is 1. The van der Waals surface area contributed by atoms with Crippen LogP contribution in [0.5, 0.6) is 5.75 Å². The van der Waals surface area contributed by atoms with Crippen molar-refractivity contribution in [1.82, 2.24) is 5.32 Å². The van der Waals surface area contributed by atoms with E-state index in [1.165, 1.54) is 7.11 Å². The lowest BCUT2D eigenvalue weighted by atomic mass is 9.99. The van der Waals surface area contributed by atoms with Crippen LogP contribution in [0.15, 0.2) is 18.2 Å². The van der Waals surface area contributed by atoms with Gasteiger partial charge in [-0.05, 0) is 37.9 Å². The van der Waals surface area contributed by atoms with E-state index < -0.39 is 0 Å². The Hall–Kier alpha value is -1.13. The molecule has 2 rings (SSSR count). The third kappa shape index (κ3) is 2.82. The largest absolute Gasteiger partial charge is 0.494 e. The second-order valence-corrected chi connectivity index (χ2v) is 4.58. The van der Waals surface area contributed by atoms with Crippen LogP contribution in [0.3, 0.4) is 0 Å². The summed E-state index contributed by atoms with van der Waals surface area (Å²) in [6.07, 6.45) is 2.92. The predicted octanol–water partition coefficient (Wildman–Crippen LogP) is 2.14. The number of halogens is 1. The average Bonchev–Trinajstić information content (AvgIpc) is 2.91. The highest BCUT2D eigenvalue weighted by atomic mass is 19.1. The number of likely N-dealkylation sites (N-methyl/N-ethyl adjacent to an activating group) is 1. The Morgan fingerprint density at radius 2 is 2.39 bits per heavy atom. The van der Waals surface area contributed by atoms with E-state index in [1.807, 2.05) is 13.1 Å². The van der Waals surface area contributed by atoms with Crippen molar-refractivity contribution in [2.45, 2.75) is 31.4 Å². The maximum absolute atomic E-state index is 14.1. The highest BCUT2D eigenvalue weighted by Gasteiger charge is 2.26. The van der Waals surface area contributed by atoms with Crippen LogP contribution in [0.2, 0.25) is 0 Å². The number of benzene rings is 1.